The van der Waals surface area contributed by atoms with E-state index in [0.29, 0.717) is 49.9 Å². The number of thioether (sulfide) groups is 1. The first-order chi connectivity index (χ1) is 27.9. The van der Waals surface area contributed by atoms with E-state index in [1.165, 1.54) is 29.6 Å². The molecule has 2 aliphatic carbocycles. The molecule has 7 rings (SSSR count). The van der Waals surface area contributed by atoms with Gasteiger partial charge in [0.05, 0.1) is 38.1 Å². The van der Waals surface area contributed by atoms with E-state index in [-0.39, 0.29) is 46.7 Å². The number of nitrogens with zero attached hydrogens (tertiary/aromatic N) is 4. The van der Waals surface area contributed by atoms with Crippen molar-refractivity contribution < 1.29 is 26.6 Å². The number of aromatic nitrogens is 3. The Hall–Kier alpha value is -3.83. The summed E-state index contributed by atoms with van der Waals surface area (Å²) in [6, 6.07) is 9.70. The number of hydrogen-bond acceptors (Lipinski definition) is 8. The van der Waals surface area contributed by atoms with Gasteiger partial charge in [-0.15, -0.1) is 11.8 Å². The maximum Gasteiger partial charge on any atom is 0.257 e. The van der Waals surface area contributed by atoms with E-state index in [2.05, 4.69) is 32.0 Å². The predicted molar refractivity (Wildman–Crippen MR) is 233 cm³/mol. The van der Waals surface area contributed by atoms with Crippen LogP contribution in [0.2, 0.25) is 5.02 Å². The van der Waals surface area contributed by atoms with Crippen molar-refractivity contribution in [3.63, 3.8) is 0 Å². The zero-order valence-electron chi connectivity index (χ0n) is 33.1. The second kappa shape index (κ2) is 17.3. The molecule has 312 valence electrons. The van der Waals surface area contributed by atoms with Crippen molar-refractivity contribution in [3.8, 4) is 23.0 Å². The van der Waals surface area contributed by atoms with Crippen LogP contribution in [0, 0.1) is 17.7 Å². The predicted octanol–water partition coefficient (Wildman–Crippen LogP) is 9.84. The highest BCUT2D eigenvalue weighted by Gasteiger charge is 2.42. The van der Waals surface area contributed by atoms with Gasteiger partial charge in [0.1, 0.15) is 38.5 Å². The Morgan fingerprint density at radius 2 is 1.93 bits per heavy atom. The molecule has 2 saturated carbocycles. The number of aliphatic imine (C=N–C) groups is 1. The summed E-state index contributed by atoms with van der Waals surface area (Å²) in [6.45, 7) is 5.64. The summed E-state index contributed by atoms with van der Waals surface area (Å²) in [4.78, 5) is 23.5. The second-order valence-electron chi connectivity index (χ2n) is 15.7. The molecule has 3 aliphatic rings. The molecule has 2 bridgehead atoms. The lowest BCUT2D eigenvalue weighted by atomic mass is 9.93. The molecule has 4 N–H and O–H groups in total. The number of halogens is 6. The van der Waals surface area contributed by atoms with Crippen LogP contribution in [-0.4, -0.2) is 66.9 Å². The van der Waals surface area contributed by atoms with E-state index in [1.54, 1.807) is 49.0 Å². The molecule has 4 atom stereocenters. The minimum atomic E-state index is -2.76. The van der Waals surface area contributed by atoms with E-state index in [1.807, 2.05) is 20.1 Å². The number of allylic oxidation sites excluding steroid dienone is 2. The fraction of sp³-hybridized carbons (Fsp3) is 0.429. The molecular weight excluding hydrogens is 844 g/mol. The Bertz CT molecular complexity index is 2430. The van der Waals surface area contributed by atoms with E-state index in [4.69, 9.17) is 22.3 Å². The second-order valence-corrected chi connectivity index (χ2v) is 20.5. The Morgan fingerprint density at radius 3 is 2.64 bits per heavy atom. The van der Waals surface area contributed by atoms with Crippen LogP contribution < -0.4 is 21.1 Å². The summed E-state index contributed by atoms with van der Waals surface area (Å²) in [7, 11) is -2.57. The number of rotatable bonds is 8. The molecule has 2 aromatic carbocycles. The number of amides is 1. The van der Waals surface area contributed by atoms with Crippen molar-refractivity contribution in [3.05, 3.63) is 81.5 Å². The Balaban J connectivity index is 1.45. The highest BCUT2D eigenvalue weighted by molar-refractivity contribution is 8.01. The number of hydrogen-bond donors (Lipinski definition) is 3. The average molecular weight is 888 g/mol. The van der Waals surface area contributed by atoms with Crippen LogP contribution in [0.5, 0.6) is 0 Å². The number of carbonyl (C=O) groups is 1. The molecule has 4 aromatic rings. The molecule has 1 unspecified atom stereocenters. The summed E-state index contributed by atoms with van der Waals surface area (Å²) in [5, 5.41) is 8.72. The molecule has 1 aliphatic heterocycles. The SMILES string of the molecule is CSC(C)(C)C#Cc1ccc(-c2ccc(Cl)c3c(NSC4CC4)nn(CC(F)F)c23)c([C@@H]2Cc3cc(F)cc(c3)P(F)[C@H](C)C(N)=C3CC[C@@](C)(F)C3=NCC(=O)N2)n1. The third-order valence-electron chi connectivity index (χ3n) is 10.7. The Kier molecular flexibility index (Phi) is 12.7. The smallest absolute Gasteiger partial charge is 0.257 e. The van der Waals surface area contributed by atoms with Gasteiger partial charge in [-0.25, -0.2) is 26.7 Å². The quantitative estimate of drug-likeness (QED) is 0.0700. The molecule has 8 nitrogen and oxygen atoms in total. The maximum atomic E-state index is 16.5. The summed E-state index contributed by atoms with van der Waals surface area (Å²) in [5.41, 5.74) is 6.30. The standard InChI is InChI=1S/C42H44ClF5N7OPS2/c1-22-36(49)30-13-15-42(4,47)39(30)50-20-34(56)52-32(18-23-16-24(44)19-26(17-23)57(22)48)37-28(9-6-25(51-37)12-14-41(2,3)58-5)29-10-11-31(43)35-38(29)55(21-33(45)46)53-40(35)54-59-27-7-8-27/h6,9-11,16-17,19,22,27,32-33H,7-8,13,15,18,20-21,49H2,1-5H3,(H,52,56)(H,53,54)/t22-,32+,42-,57?/m1/s1. The molecule has 2 fully saturated rings. The van der Waals surface area contributed by atoms with Gasteiger partial charge in [-0.05, 0) is 125 Å². The van der Waals surface area contributed by atoms with E-state index < -0.39 is 61.6 Å². The molecule has 0 radical (unpaired) electrons. The van der Waals surface area contributed by atoms with E-state index >= 15 is 13.0 Å². The molecule has 59 heavy (non-hydrogen) atoms. The average Bonchev–Trinajstić information content (AvgIpc) is 3.88. The van der Waals surface area contributed by atoms with Gasteiger partial charge in [0.15, 0.2) is 5.82 Å². The maximum absolute atomic E-state index is 16.5. The largest absolute Gasteiger partial charge is 0.401 e. The first-order valence-corrected chi connectivity index (χ1v) is 23.0. The third-order valence-corrected chi connectivity index (χ3v) is 14.9. The molecular formula is C42H44ClF5N7OPS2. The van der Waals surface area contributed by atoms with Crippen LogP contribution in [0.1, 0.15) is 76.4 Å². The first kappa shape index (κ1) is 43.3. The van der Waals surface area contributed by atoms with Gasteiger partial charge in [0.2, 0.25) is 5.91 Å². The van der Waals surface area contributed by atoms with Gasteiger partial charge >= 0.3 is 0 Å². The number of anilines is 1. The van der Waals surface area contributed by atoms with Crippen LogP contribution in [0.25, 0.3) is 22.0 Å². The van der Waals surface area contributed by atoms with Crippen molar-refractivity contribution in [2.45, 2.75) is 100 Å². The van der Waals surface area contributed by atoms with Crippen LogP contribution in [0.4, 0.5) is 27.6 Å². The molecule has 2 aromatic heterocycles. The minimum Gasteiger partial charge on any atom is -0.401 e. The van der Waals surface area contributed by atoms with E-state index in [0.717, 1.165) is 18.9 Å². The summed E-state index contributed by atoms with van der Waals surface area (Å²) < 4.78 is 80.3. The minimum absolute atomic E-state index is 0.0125. The normalized spacial score (nSPS) is 22.7. The monoisotopic (exact) mass is 887 g/mol. The summed E-state index contributed by atoms with van der Waals surface area (Å²) >= 11 is 9.81. The number of benzene rings is 2. The van der Waals surface area contributed by atoms with Gasteiger partial charge in [0.25, 0.3) is 6.43 Å². The van der Waals surface area contributed by atoms with Gasteiger partial charge in [0, 0.05) is 33.0 Å². The van der Waals surface area contributed by atoms with Crippen LogP contribution in [0.3, 0.4) is 0 Å². The van der Waals surface area contributed by atoms with Crippen molar-refractivity contribution in [1.82, 2.24) is 20.1 Å². The highest BCUT2D eigenvalue weighted by Crippen LogP contribution is 2.48. The number of carbonyl (C=O) groups excluding carboxylic acids is 1. The number of nitrogens with two attached hydrogens (primary N) is 1. The van der Waals surface area contributed by atoms with Gasteiger partial charge < -0.3 is 15.8 Å². The summed E-state index contributed by atoms with van der Waals surface area (Å²) in [6.07, 6.45) is 1.39. The molecule has 0 spiro atoms. The Labute approximate surface area is 355 Å². The number of alkyl halides is 3. The highest BCUT2D eigenvalue weighted by atomic mass is 35.5. The number of nitrogens with one attached hydrogen (secondary N) is 2. The zero-order chi connectivity index (χ0) is 42.4. The van der Waals surface area contributed by atoms with Crippen molar-refractivity contribution in [2.75, 3.05) is 17.5 Å². The van der Waals surface area contributed by atoms with Crippen LogP contribution >= 0.6 is 43.5 Å². The van der Waals surface area contributed by atoms with Crippen LogP contribution in [-0.2, 0) is 17.8 Å². The Morgan fingerprint density at radius 1 is 1.19 bits per heavy atom. The lowest BCUT2D eigenvalue weighted by Crippen LogP contribution is -2.34. The van der Waals surface area contributed by atoms with Gasteiger partial charge in [-0.1, -0.05) is 30.5 Å². The van der Waals surface area contributed by atoms with Crippen molar-refractivity contribution in [1.29, 1.82) is 0 Å². The van der Waals surface area contributed by atoms with Crippen LogP contribution in [0.15, 0.2) is 58.7 Å². The molecule has 3 heterocycles. The topological polar surface area (TPSA) is 110 Å². The van der Waals surface area contributed by atoms with Gasteiger partial charge in [-0.3, -0.25) is 14.5 Å². The van der Waals surface area contributed by atoms with Crippen molar-refractivity contribution >= 4 is 77.2 Å². The van der Waals surface area contributed by atoms with Crippen molar-refractivity contribution in [2.24, 2.45) is 10.7 Å². The number of fused-ring (bicyclic) bond motifs is 4. The molecule has 0 saturated heterocycles. The fourth-order valence-corrected chi connectivity index (χ4v) is 9.80. The van der Waals surface area contributed by atoms with E-state index in [9.17, 15) is 13.6 Å². The fourth-order valence-electron chi connectivity index (χ4n) is 7.23. The molecule has 17 heteroatoms. The molecule has 1 amide bonds. The zero-order valence-corrected chi connectivity index (χ0v) is 36.4. The lowest BCUT2D eigenvalue weighted by Gasteiger charge is -2.25. The third kappa shape index (κ3) is 9.56. The lowest BCUT2D eigenvalue weighted by molar-refractivity contribution is -0.120. The first-order valence-electron chi connectivity index (χ1n) is 19.2. The van der Waals surface area contributed by atoms with Gasteiger partial charge in [-0.2, -0.15) is 5.10 Å². The summed E-state index contributed by atoms with van der Waals surface area (Å²) in [5.74, 6) is 5.41. The number of pyridine rings is 1.